The van der Waals surface area contributed by atoms with Crippen LogP contribution in [0.3, 0.4) is 0 Å². The fourth-order valence-electron chi connectivity index (χ4n) is 2.23. The van der Waals surface area contributed by atoms with Crippen LogP contribution >= 0.6 is 0 Å². The molecule has 1 aromatic heterocycles. The van der Waals surface area contributed by atoms with Gasteiger partial charge in [-0.2, -0.15) is 0 Å². The normalized spacial score (nSPS) is 10.9. The van der Waals surface area contributed by atoms with Crippen molar-refractivity contribution < 1.29 is 9.21 Å². The van der Waals surface area contributed by atoms with Crippen molar-refractivity contribution >= 4 is 11.6 Å². The molecule has 0 saturated carbocycles. The molecule has 0 spiro atoms. The molecule has 20 heavy (non-hydrogen) atoms. The minimum absolute atomic E-state index is 0.146. The quantitative estimate of drug-likeness (QED) is 0.919. The molecule has 0 aliphatic rings. The summed E-state index contributed by atoms with van der Waals surface area (Å²) in [7, 11) is 0. The van der Waals surface area contributed by atoms with Crippen LogP contribution in [0.1, 0.15) is 53.0 Å². The van der Waals surface area contributed by atoms with Gasteiger partial charge in [0.25, 0.3) is 5.91 Å². The van der Waals surface area contributed by atoms with E-state index in [1.807, 2.05) is 39.8 Å². The highest BCUT2D eigenvalue weighted by molar-refractivity contribution is 6.03. The first-order valence-electron chi connectivity index (χ1n) is 6.74. The molecule has 1 aromatic carbocycles. The molecule has 0 radical (unpaired) electrons. The smallest absolute Gasteiger partial charge is 0.293 e. The Hall–Kier alpha value is -2.10. The monoisotopic (exact) mass is 272 g/mol. The molecule has 4 nitrogen and oxygen atoms in total. The van der Waals surface area contributed by atoms with Crippen LogP contribution in [-0.2, 0) is 0 Å². The first-order valence-corrected chi connectivity index (χ1v) is 6.74. The minimum atomic E-state index is -0.251. The highest BCUT2D eigenvalue weighted by Crippen LogP contribution is 2.22. The predicted molar refractivity (Wildman–Crippen MR) is 79.2 cm³/mol. The number of aromatic nitrogens is 1. The van der Waals surface area contributed by atoms with Gasteiger partial charge in [0.1, 0.15) is 0 Å². The molecule has 1 amide bonds. The highest BCUT2D eigenvalue weighted by atomic mass is 16.4. The number of hydrogen-bond donors (Lipinski definition) is 1. The number of carbonyl (C=O) groups is 1. The lowest BCUT2D eigenvalue weighted by Gasteiger charge is -2.07. The number of amides is 1. The average Bonchev–Trinajstić information content (AvgIpc) is 2.70. The summed E-state index contributed by atoms with van der Waals surface area (Å²) in [6, 6.07) is 5.93. The van der Waals surface area contributed by atoms with E-state index in [0.717, 1.165) is 16.8 Å². The van der Waals surface area contributed by atoms with E-state index in [0.29, 0.717) is 17.3 Å². The number of hydrogen-bond acceptors (Lipinski definition) is 3. The largest absolute Gasteiger partial charge is 0.436 e. The third-order valence-corrected chi connectivity index (χ3v) is 2.99. The summed E-state index contributed by atoms with van der Waals surface area (Å²) in [5.41, 5.74) is 3.69. The summed E-state index contributed by atoms with van der Waals surface area (Å²) >= 11 is 0. The minimum Gasteiger partial charge on any atom is -0.436 e. The second-order valence-electron chi connectivity index (χ2n) is 5.43. The van der Waals surface area contributed by atoms with Crippen molar-refractivity contribution in [3.8, 4) is 0 Å². The van der Waals surface area contributed by atoms with E-state index >= 15 is 0 Å². The summed E-state index contributed by atoms with van der Waals surface area (Å²) in [4.78, 5) is 16.6. The number of oxazole rings is 1. The number of anilines is 1. The molecule has 2 aromatic rings. The van der Waals surface area contributed by atoms with Gasteiger partial charge < -0.3 is 9.73 Å². The van der Waals surface area contributed by atoms with Crippen LogP contribution in [0.4, 0.5) is 5.69 Å². The van der Waals surface area contributed by atoms with E-state index in [1.165, 1.54) is 0 Å². The van der Waals surface area contributed by atoms with Crippen molar-refractivity contribution in [1.29, 1.82) is 0 Å². The molecular weight excluding hydrogens is 252 g/mol. The third-order valence-electron chi connectivity index (χ3n) is 2.99. The van der Waals surface area contributed by atoms with Gasteiger partial charge in [0.05, 0.1) is 5.69 Å². The Morgan fingerprint density at radius 2 is 1.75 bits per heavy atom. The van der Waals surface area contributed by atoms with Crippen LogP contribution in [0.5, 0.6) is 0 Å². The number of rotatable bonds is 3. The fourth-order valence-corrected chi connectivity index (χ4v) is 2.23. The highest BCUT2D eigenvalue weighted by Gasteiger charge is 2.21. The van der Waals surface area contributed by atoms with Crippen LogP contribution < -0.4 is 5.32 Å². The molecule has 1 heterocycles. The van der Waals surface area contributed by atoms with E-state index in [9.17, 15) is 4.79 Å². The molecular formula is C16H20N2O2. The van der Waals surface area contributed by atoms with Gasteiger partial charge in [0, 0.05) is 12.6 Å². The second kappa shape index (κ2) is 5.49. The van der Waals surface area contributed by atoms with Crippen molar-refractivity contribution in [1.82, 2.24) is 4.98 Å². The lowest BCUT2D eigenvalue weighted by Crippen LogP contribution is -2.14. The predicted octanol–water partition coefficient (Wildman–Crippen LogP) is 3.98. The van der Waals surface area contributed by atoms with Crippen LogP contribution in [0.2, 0.25) is 0 Å². The third kappa shape index (κ3) is 3.07. The molecule has 0 saturated heterocycles. The number of carbonyl (C=O) groups excluding carboxylic acids is 1. The molecule has 1 N–H and O–H groups in total. The summed E-state index contributed by atoms with van der Waals surface area (Å²) in [6.45, 7) is 9.73. The van der Waals surface area contributed by atoms with Crippen molar-refractivity contribution in [2.75, 3.05) is 5.32 Å². The molecule has 0 atom stereocenters. The Morgan fingerprint density at radius 3 is 2.30 bits per heavy atom. The van der Waals surface area contributed by atoms with Crippen LogP contribution in [0, 0.1) is 20.8 Å². The van der Waals surface area contributed by atoms with E-state index in [4.69, 9.17) is 4.42 Å². The fraction of sp³-hybridized carbons (Fsp3) is 0.375. The van der Waals surface area contributed by atoms with Gasteiger partial charge >= 0.3 is 0 Å². The Kier molecular flexibility index (Phi) is 3.93. The van der Waals surface area contributed by atoms with Gasteiger partial charge in [-0.3, -0.25) is 4.79 Å². The van der Waals surface area contributed by atoms with E-state index in [1.54, 1.807) is 6.92 Å². The topological polar surface area (TPSA) is 55.1 Å². The standard InChI is InChI=1S/C16H20N2O2/c1-9(2)14-15(20-12(5)17-14)16(19)18-13-7-10(3)6-11(4)8-13/h6-9H,1-5H3,(H,18,19). The van der Waals surface area contributed by atoms with Crippen molar-refractivity contribution in [2.24, 2.45) is 0 Å². The van der Waals surface area contributed by atoms with Gasteiger partial charge in [-0.25, -0.2) is 4.98 Å². The van der Waals surface area contributed by atoms with Gasteiger partial charge in [0.15, 0.2) is 5.89 Å². The molecule has 0 unspecified atom stereocenters. The Labute approximate surface area is 119 Å². The molecule has 2 rings (SSSR count). The van der Waals surface area contributed by atoms with Gasteiger partial charge in [-0.15, -0.1) is 0 Å². The van der Waals surface area contributed by atoms with Gasteiger partial charge in [-0.05, 0) is 43.0 Å². The first kappa shape index (κ1) is 14.3. The maximum Gasteiger partial charge on any atom is 0.293 e. The molecule has 106 valence electrons. The van der Waals surface area contributed by atoms with Crippen molar-refractivity contribution in [3.05, 3.63) is 46.7 Å². The number of nitrogens with one attached hydrogen (secondary N) is 1. The number of nitrogens with zero attached hydrogens (tertiary/aromatic N) is 1. The van der Waals surface area contributed by atoms with Crippen LogP contribution in [0.25, 0.3) is 0 Å². The Balaban J connectivity index is 2.28. The number of aryl methyl sites for hydroxylation is 3. The van der Waals surface area contributed by atoms with Crippen LogP contribution in [0.15, 0.2) is 22.6 Å². The van der Waals surface area contributed by atoms with Crippen molar-refractivity contribution in [2.45, 2.75) is 40.5 Å². The van der Waals surface area contributed by atoms with Gasteiger partial charge in [-0.1, -0.05) is 19.9 Å². The SMILES string of the molecule is Cc1cc(C)cc(NC(=O)c2oc(C)nc2C(C)C)c1. The lowest BCUT2D eigenvalue weighted by molar-refractivity contribution is 0.0993. The Morgan fingerprint density at radius 1 is 1.15 bits per heavy atom. The van der Waals surface area contributed by atoms with E-state index in [2.05, 4.69) is 16.4 Å². The molecule has 0 fully saturated rings. The molecule has 0 aliphatic heterocycles. The zero-order valence-corrected chi connectivity index (χ0v) is 12.6. The number of benzene rings is 1. The first-order chi connectivity index (χ1) is 9.36. The van der Waals surface area contributed by atoms with Crippen molar-refractivity contribution in [3.63, 3.8) is 0 Å². The Bertz CT molecular complexity index is 622. The summed E-state index contributed by atoms with van der Waals surface area (Å²) in [6.07, 6.45) is 0. The maximum absolute atomic E-state index is 12.3. The van der Waals surface area contributed by atoms with Crippen LogP contribution in [-0.4, -0.2) is 10.9 Å². The lowest BCUT2D eigenvalue weighted by atomic mass is 10.1. The van der Waals surface area contributed by atoms with E-state index in [-0.39, 0.29) is 11.8 Å². The maximum atomic E-state index is 12.3. The van der Waals surface area contributed by atoms with Gasteiger partial charge in [0.2, 0.25) is 5.76 Å². The summed E-state index contributed by atoms with van der Waals surface area (Å²) in [5, 5.41) is 2.88. The molecule has 0 aliphatic carbocycles. The molecule has 0 bridgehead atoms. The molecule has 4 heteroatoms. The second-order valence-corrected chi connectivity index (χ2v) is 5.43. The summed E-state index contributed by atoms with van der Waals surface area (Å²) in [5.74, 6) is 0.711. The average molecular weight is 272 g/mol. The summed E-state index contributed by atoms with van der Waals surface area (Å²) < 4.78 is 5.45. The van der Waals surface area contributed by atoms with E-state index < -0.39 is 0 Å². The zero-order chi connectivity index (χ0) is 14.9. The zero-order valence-electron chi connectivity index (χ0n) is 12.6.